The smallest absolute Gasteiger partial charge is 0.265 e. The first-order valence-electron chi connectivity index (χ1n) is 8.00. The first kappa shape index (κ1) is 16.7. The fraction of sp³-hybridized carbons (Fsp3) is 0.105. The SMILES string of the molecule is Cc1csc(C(=O)Nc2ccccc2Cc2nc(-c3cccs3)no2)c1. The average Bonchev–Trinajstić information content (AvgIpc) is 3.37. The van der Waals surface area contributed by atoms with Crippen molar-refractivity contribution in [1.82, 2.24) is 10.1 Å². The number of aromatic nitrogens is 2. The maximum atomic E-state index is 12.4. The molecule has 0 aliphatic heterocycles. The van der Waals surface area contributed by atoms with Crippen LogP contribution in [-0.4, -0.2) is 16.0 Å². The van der Waals surface area contributed by atoms with Crippen molar-refractivity contribution < 1.29 is 9.32 Å². The molecular weight excluding hydrogens is 366 g/mol. The zero-order valence-corrected chi connectivity index (χ0v) is 15.6. The summed E-state index contributed by atoms with van der Waals surface area (Å²) in [6, 6.07) is 13.4. The van der Waals surface area contributed by atoms with E-state index in [4.69, 9.17) is 4.52 Å². The molecule has 1 amide bonds. The normalized spacial score (nSPS) is 10.8. The zero-order valence-electron chi connectivity index (χ0n) is 13.9. The molecule has 1 aromatic carbocycles. The molecule has 130 valence electrons. The molecule has 4 rings (SSSR count). The van der Waals surface area contributed by atoms with Crippen molar-refractivity contribution in [2.45, 2.75) is 13.3 Å². The summed E-state index contributed by atoms with van der Waals surface area (Å²) in [5, 5.41) is 11.0. The molecular formula is C19H15N3O2S2. The van der Waals surface area contributed by atoms with Gasteiger partial charge in [-0.05, 0) is 47.0 Å². The van der Waals surface area contributed by atoms with Crippen molar-refractivity contribution in [2.75, 3.05) is 5.32 Å². The number of hydrogen-bond acceptors (Lipinski definition) is 6. The summed E-state index contributed by atoms with van der Waals surface area (Å²) in [5.41, 5.74) is 2.76. The van der Waals surface area contributed by atoms with E-state index in [1.807, 2.05) is 60.1 Å². The number of nitrogens with zero attached hydrogens (tertiary/aromatic N) is 2. The Morgan fingerprint density at radius 1 is 1.19 bits per heavy atom. The summed E-state index contributed by atoms with van der Waals surface area (Å²) in [5.74, 6) is 0.994. The van der Waals surface area contributed by atoms with E-state index >= 15 is 0 Å². The van der Waals surface area contributed by atoms with Crippen LogP contribution in [0, 0.1) is 6.92 Å². The zero-order chi connectivity index (χ0) is 17.9. The molecule has 0 bridgehead atoms. The van der Waals surface area contributed by atoms with Crippen LogP contribution in [0.2, 0.25) is 0 Å². The van der Waals surface area contributed by atoms with Gasteiger partial charge in [0.05, 0.1) is 16.2 Å². The predicted molar refractivity (Wildman–Crippen MR) is 104 cm³/mol. The van der Waals surface area contributed by atoms with Gasteiger partial charge in [-0.25, -0.2) is 0 Å². The number of anilines is 1. The Morgan fingerprint density at radius 2 is 2.08 bits per heavy atom. The Labute approximate surface area is 158 Å². The maximum Gasteiger partial charge on any atom is 0.265 e. The van der Waals surface area contributed by atoms with E-state index < -0.39 is 0 Å². The summed E-state index contributed by atoms with van der Waals surface area (Å²) in [6.07, 6.45) is 0.457. The molecule has 3 heterocycles. The fourth-order valence-corrected chi connectivity index (χ4v) is 3.97. The van der Waals surface area contributed by atoms with Crippen LogP contribution in [-0.2, 0) is 6.42 Å². The van der Waals surface area contributed by atoms with Gasteiger partial charge >= 0.3 is 0 Å². The Balaban J connectivity index is 1.53. The van der Waals surface area contributed by atoms with Crippen LogP contribution < -0.4 is 5.32 Å². The van der Waals surface area contributed by atoms with Gasteiger partial charge < -0.3 is 9.84 Å². The largest absolute Gasteiger partial charge is 0.339 e. The molecule has 0 atom stereocenters. The van der Waals surface area contributed by atoms with E-state index in [2.05, 4.69) is 15.5 Å². The van der Waals surface area contributed by atoms with Gasteiger partial charge in [0.2, 0.25) is 11.7 Å². The third-order valence-electron chi connectivity index (χ3n) is 3.77. The number of carbonyl (C=O) groups excluding carboxylic acids is 1. The fourth-order valence-electron chi connectivity index (χ4n) is 2.53. The van der Waals surface area contributed by atoms with Crippen molar-refractivity contribution in [3.63, 3.8) is 0 Å². The molecule has 7 heteroatoms. The molecule has 0 unspecified atom stereocenters. The van der Waals surface area contributed by atoms with Crippen LogP contribution >= 0.6 is 22.7 Å². The minimum atomic E-state index is -0.111. The highest BCUT2D eigenvalue weighted by molar-refractivity contribution is 7.13. The summed E-state index contributed by atoms with van der Waals surface area (Å²) in [6.45, 7) is 1.97. The van der Waals surface area contributed by atoms with E-state index in [-0.39, 0.29) is 5.91 Å². The molecule has 4 aromatic rings. The monoisotopic (exact) mass is 381 g/mol. The molecule has 3 aromatic heterocycles. The Morgan fingerprint density at radius 3 is 2.85 bits per heavy atom. The van der Waals surface area contributed by atoms with Crippen molar-refractivity contribution in [2.24, 2.45) is 0 Å². The Bertz CT molecular complexity index is 1030. The number of hydrogen-bond donors (Lipinski definition) is 1. The maximum absolute atomic E-state index is 12.4. The summed E-state index contributed by atoms with van der Waals surface area (Å²) in [4.78, 5) is 18.5. The van der Waals surface area contributed by atoms with E-state index in [1.54, 1.807) is 11.3 Å². The number of benzene rings is 1. The number of amides is 1. The minimum Gasteiger partial charge on any atom is -0.339 e. The quantitative estimate of drug-likeness (QED) is 0.527. The van der Waals surface area contributed by atoms with Crippen molar-refractivity contribution in [3.8, 4) is 10.7 Å². The lowest BCUT2D eigenvalue weighted by molar-refractivity contribution is 0.103. The molecule has 0 saturated carbocycles. The number of aryl methyl sites for hydroxylation is 1. The number of carbonyl (C=O) groups is 1. The van der Waals surface area contributed by atoms with Crippen LogP contribution in [0.25, 0.3) is 10.7 Å². The standard InChI is InChI=1S/C19H15N3O2S2/c1-12-9-16(26-11-12)19(23)20-14-6-3-2-5-13(14)10-17-21-18(22-24-17)15-7-4-8-25-15/h2-9,11H,10H2,1H3,(H,20,23). The van der Waals surface area contributed by atoms with Crippen LogP contribution in [0.1, 0.15) is 26.7 Å². The summed E-state index contributed by atoms with van der Waals surface area (Å²) >= 11 is 3.00. The van der Waals surface area contributed by atoms with Gasteiger partial charge in [0.15, 0.2) is 0 Å². The minimum absolute atomic E-state index is 0.111. The third kappa shape index (κ3) is 3.58. The molecule has 0 saturated heterocycles. The van der Waals surface area contributed by atoms with Crippen LogP contribution in [0.15, 0.2) is 57.7 Å². The molecule has 0 aliphatic carbocycles. The highest BCUT2D eigenvalue weighted by Gasteiger charge is 2.14. The van der Waals surface area contributed by atoms with Crippen molar-refractivity contribution in [1.29, 1.82) is 0 Å². The molecule has 26 heavy (non-hydrogen) atoms. The molecule has 1 N–H and O–H groups in total. The average molecular weight is 381 g/mol. The number of rotatable bonds is 5. The first-order chi connectivity index (χ1) is 12.7. The van der Waals surface area contributed by atoms with Crippen LogP contribution in [0.5, 0.6) is 0 Å². The summed E-state index contributed by atoms with van der Waals surface area (Å²) in [7, 11) is 0. The highest BCUT2D eigenvalue weighted by Crippen LogP contribution is 2.24. The lowest BCUT2D eigenvalue weighted by Crippen LogP contribution is -2.12. The molecule has 5 nitrogen and oxygen atoms in total. The second-order valence-corrected chi connectivity index (χ2v) is 7.62. The Kier molecular flexibility index (Phi) is 4.64. The van der Waals surface area contributed by atoms with E-state index in [0.29, 0.717) is 23.0 Å². The summed E-state index contributed by atoms with van der Waals surface area (Å²) < 4.78 is 5.38. The molecule has 0 radical (unpaired) electrons. The first-order valence-corrected chi connectivity index (χ1v) is 9.76. The lowest BCUT2D eigenvalue weighted by atomic mass is 10.1. The van der Waals surface area contributed by atoms with Gasteiger partial charge in [-0.3, -0.25) is 4.79 Å². The van der Waals surface area contributed by atoms with Gasteiger partial charge in [-0.1, -0.05) is 29.4 Å². The molecule has 0 fully saturated rings. The highest BCUT2D eigenvalue weighted by atomic mass is 32.1. The van der Waals surface area contributed by atoms with Crippen LogP contribution in [0.3, 0.4) is 0 Å². The van der Waals surface area contributed by atoms with E-state index in [1.165, 1.54) is 11.3 Å². The van der Waals surface area contributed by atoms with Crippen molar-refractivity contribution in [3.05, 3.63) is 75.1 Å². The predicted octanol–water partition coefficient (Wildman–Crippen LogP) is 5.01. The van der Waals surface area contributed by atoms with Crippen LogP contribution in [0.4, 0.5) is 5.69 Å². The van der Waals surface area contributed by atoms with Crippen molar-refractivity contribution >= 4 is 34.3 Å². The number of thiophene rings is 2. The number of nitrogens with one attached hydrogen (secondary N) is 1. The van der Waals surface area contributed by atoms with Gasteiger partial charge in [-0.2, -0.15) is 4.98 Å². The van der Waals surface area contributed by atoms with Gasteiger partial charge in [0, 0.05) is 5.69 Å². The number of para-hydroxylation sites is 1. The van der Waals surface area contributed by atoms with Gasteiger partial charge in [0.1, 0.15) is 0 Å². The Hall–Kier alpha value is -2.77. The van der Waals surface area contributed by atoms with Gasteiger partial charge in [0.25, 0.3) is 5.91 Å². The molecule has 0 aliphatic rings. The second kappa shape index (κ2) is 7.23. The second-order valence-electron chi connectivity index (χ2n) is 5.77. The third-order valence-corrected chi connectivity index (χ3v) is 5.68. The van der Waals surface area contributed by atoms with Gasteiger partial charge in [-0.15, -0.1) is 22.7 Å². The molecule has 0 spiro atoms. The van der Waals surface area contributed by atoms with E-state index in [9.17, 15) is 4.79 Å². The topological polar surface area (TPSA) is 68.0 Å². The van der Waals surface area contributed by atoms with E-state index in [0.717, 1.165) is 21.7 Å². The lowest BCUT2D eigenvalue weighted by Gasteiger charge is -2.08.